The van der Waals surface area contributed by atoms with Gasteiger partial charge in [-0.25, -0.2) is 0 Å². The third-order valence-corrected chi connectivity index (χ3v) is 3.37. The van der Waals surface area contributed by atoms with Crippen molar-refractivity contribution in [3.8, 4) is 17.2 Å². The molecule has 2 aliphatic rings. The molecule has 4 nitrogen and oxygen atoms in total. The van der Waals surface area contributed by atoms with Crippen LogP contribution in [-0.4, -0.2) is 12.9 Å². The molecule has 1 fully saturated rings. The summed E-state index contributed by atoms with van der Waals surface area (Å²) in [7, 11) is 0. The Bertz CT molecular complexity index is 413. The van der Waals surface area contributed by atoms with Crippen molar-refractivity contribution < 1.29 is 14.2 Å². The monoisotopic (exact) mass is 235 g/mol. The fourth-order valence-electron chi connectivity index (χ4n) is 2.42. The quantitative estimate of drug-likeness (QED) is 0.872. The second kappa shape index (κ2) is 4.45. The minimum absolute atomic E-state index is 0.284. The van der Waals surface area contributed by atoms with Crippen molar-refractivity contribution in [1.29, 1.82) is 0 Å². The van der Waals surface area contributed by atoms with E-state index in [1.54, 1.807) is 0 Å². The Balaban J connectivity index is 1.86. The van der Waals surface area contributed by atoms with Crippen LogP contribution in [0.25, 0.3) is 0 Å². The van der Waals surface area contributed by atoms with E-state index < -0.39 is 0 Å². The van der Waals surface area contributed by atoms with Gasteiger partial charge in [0.05, 0.1) is 6.10 Å². The summed E-state index contributed by atoms with van der Waals surface area (Å²) in [6.07, 6.45) is 5.12. The molecule has 2 N–H and O–H groups in total. The van der Waals surface area contributed by atoms with Crippen molar-refractivity contribution in [1.82, 2.24) is 0 Å². The maximum Gasteiger partial charge on any atom is 0.231 e. The summed E-state index contributed by atoms with van der Waals surface area (Å²) in [5.74, 6) is 2.38. The first-order chi connectivity index (χ1) is 8.36. The smallest absolute Gasteiger partial charge is 0.231 e. The Morgan fingerprint density at radius 3 is 2.59 bits per heavy atom. The van der Waals surface area contributed by atoms with Gasteiger partial charge in [0.1, 0.15) is 5.75 Å². The molecule has 0 aromatic heterocycles. The van der Waals surface area contributed by atoms with Crippen LogP contribution < -0.4 is 19.9 Å². The summed E-state index contributed by atoms with van der Waals surface area (Å²) in [4.78, 5) is 0. The Morgan fingerprint density at radius 2 is 1.88 bits per heavy atom. The highest BCUT2D eigenvalue weighted by molar-refractivity contribution is 5.51. The van der Waals surface area contributed by atoms with Gasteiger partial charge in [-0.1, -0.05) is 0 Å². The fraction of sp³-hybridized carbons (Fsp3) is 0.538. The van der Waals surface area contributed by atoms with Gasteiger partial charge in [-0.05, 0) is 31.7 Å². The standard InChI is InChI=1S/C13H17NO3/c14-7-9-5-12-13(16-8-15-12)6-11(9)17-10-3-1-2-4-10/h5-6,10H,1-4,7-8,14H2. The molecule has 3 rings (SSSR count). The van der Waals surface area contributed by atoms with Crippen LogP contribution in [0.1, 0.15) is 31.2 Å². The number of ether oxygens (including phenoxy) is 3. The third-order valence-electron chi connectivity index (χ3n) is 3.37. The van der Waals surface area contributed by atoms with Crippen LogP contribution in [0.4, 0.5) is 0 Å². The topological polar surface area (TPSA) is 53.7 Å². The summed E-state index contributed by atoms with van der Waals surface area (Å²) in [6, 6.07) is 3.83. The summed E-state index contributed by atoms with van der Waals surface area (Å²) >= 11 is 0. The zero-order chi connectivity index (χ0) is 11.7. The molecule has 1 aromatic carbocycles. The minimum Gasteiger partial charge on any atom is -0.490 e. The van der Waals surface area contributed by atoms with Gasteiger partial charge < -0.3 is 19.9 Å². The predicted molar refractivity (Wildman–Crippen MR) is 63.3 cm³/mol. The molecule has 0 atom stereocenters. The molecule has 1 heterocycles. The van der Waals surface area contributed by atoms with Gasteiger partial charge in [0, 0.05) is 18.2 Å². The van der Waals surface area contributed by atoms with Gasteiger partial charge in [0.15, 0.2) is 11.5 Å². The van der Waals surface area contributed by atoms with E-state index >= 15 is 0 Å². The summed E-state index contributed by atoms with van der Waals surface area (Å²) < 4.78 is 16.7. The molecule has 0 saturated heterocycles. The summed E-state index contributed by atoms with van der Waals surface area (Å²) in [5.41, 5.74) is 6.73. The Hall–Kier alpha value is -1.42. The molecule has 4 heteroatoms. The largest absolute Gasteiger partial charge is 0.490 e. The van der Waals surface area contributed by atoms with Crippen molar-refractivity contribution in [2.75, 3.05) is 6.79 Å². The van der Waals surface area contributed by atoms with Crippen LogP contribution in [0, 0.1) is 0 Å². The molecule has 0 amide bonds. The molecule has 0 radical (unpaired) electrons. The van der Waals surface area contributed by atoms with Gasteiger partial charge in [-0.15, -0.1) is 0 Å². The van der Waals surface area contributed by atoms with Crippen molar-refractivity contribution in [3.05, 3.63) is 17.7 Å². The molecule has 0 spiro atoms. The molecular weight excluding hydrogens is 218 g/mol. The number of fused-ring (bicyclic) bond motifs is 1. The molecule has 1 aliphatic carbocycles. The van der Waals surface area contributed by atoms with E-state index in [-0.39, 0.29) is 6.79 Å². The number of benzene rings is 1. The molecule has 1 aliphatic heterocycles. The number of nitrogens with two attached hydrogens (primary N) is 1. The normalized spacial score (nSPS) is 18.6. The van der Waals surface area contributed by atoms with Gasteiger partial charge >= 0.3 is 0 Å². The second-order valence-electron chi connectivity index (χ2n) is 4.54. The summed E-state index contributed by atoms with van der Waals surface area (Å²) in [6.45, 7) is 0.741. The van der Waals surface area contributed by atoms with Crippen LogP contribution in [0.3, 0.4) is 0 Å². The zero-order valence-electron chi connectivity index (χ0n) is 9.78. The van der Waals surface area contributed by atoms with Gasteiger partial charge in [0.25, 0.3) is 0 Å². The first-order valence-corrected chi connectivity index (χ1v) is 6.16. The zero-order valence-corrected chi connectivity index (χ0v) is 9.78. The molecule has 1 aromatic rings. The number of rotatable bonds is 3. The lowest BCUT2D eigenvalue weighted by Crippen LogP contribution is -2.13. The van der Waals surface area contributed by atoms with Crippen LogP contribution in [0.15, 0.2) is 12.1 Å². The maximum absolute atomic E-state index is 6.01. The lowest BCUT2D eigenvalue weighted by molar-refractivity contribution is 0.173. The first-order valence-electron chi connectivity index (χ1n) is 6.16. The molecule has 0 unspecified atom stereocenters. The van der Waals surface area contributed by atoms with Crippen molar-refractivity contribution >= 4 is 0 Å². The molecule has 92 valence electrons. The summed E-state index contributed by atoms with van der Waals surface area (Å²) in [5, 5.41) is 0. The van der Waals surface area contributed by atoms with Crippen LogP contribution >= 0.6 is 0 Å². The second-order valence-corrected chi connectivity index (χ2v) is 4.54. The van der Waals surface area contributed by atoms with Crippen LogP contribution in [-0.2, 0) is 6.54 Å². The average molecular weight is 235 g/mol. The lowest BCUT2D eigenvalue weighted by atomic mass is 10.1. The van der Waals surface area contributed by atoms with Crippen molar-refractivity contribution in [2.24, 2.45) is 5.73 Å². The lowest BCUT2D eigenvalue weighted by Gasteiger charge is -2.16. The van der Waals surface area contributed by atoms with Crippen LogP contribution in [0.5, 0.6) is 17.2 Å². The SMILES string of the molecule is NCc1cc2c(cc1OC1CCCC1)OCO2. The third kappa shape index (κ3) is 2.05. The van der Waals surface area contributed by atoms with E-state index in [2.05, 4.69) is 0 Å². The van der Waals surface area contributed by atoms with Gasteiger partial charge in [0.2, 0.25) is 6.79 Å². The maximum atomic E-state index is 6.01. The van der Waals surface area contributed by atoms with Crippen molar-refractivity contribution in [3.63, 3.8) is 0 Å². The minimum atomic E-state index is 0.284. The highest BCUT2D eigenvalue weighted by Crippen LogP contribution is 2.39. The number of hydrogen-bond donors (Lipinski definition) is 1. The molecule has 17 heavy (non-hydrogen) atoms. The molecule has 1 saturated carbocycles. The number of hydrogen-bond acceptors (Lipinski definition) is 4. The van der Waals surface area contributed by atoms with E-state index in [1.807, 2.05) is 12.1 Å². The highest BCUT2D eigenvalue weighted by atomic mass is 16.7. The molecular formula is C13H17NO3. The van der Waals surface area contributed by atoms with E-state index in [0.717, 1.165) is 35.7 Å². The Kier molecular flexibility index (Phi) is 2.81. The first kappa shape index (κ1) is 10.7. The van der Waals surface area contributed by atoms with E-state index in [1.165, 1.54) is 12.8 Å². The fourth-order valence-corrected chi connectivity index (χ4v) is 2.42. The molecule has 0 bridgehead atoms. The van der Waals surface area contributed by atoms with E-state index in [0.29, 0.717) is 12.6 Å². The van der Waals surface area contributed by atoms with Crippen LogP contribution in [0.2, 0.25) is 0 Å². The van der Waals surface area contributed by atoms with Gasteiger partial charge in [-0.2, -0.15) is 0 Å². The van der Waals surface area contributed by atoms with E-state index in [9.17, 15) is 0 Å². The van der Waals surface area contributed by atoms with Gasteiger partial charge in [-0.3, -0.25) is 0 Å². The Morgan fingerprint density at radius 1 is 1.18 bits per heavy atom. The van der Waals surface area contributed by atoms with E-state index in [4.69, 9.17) is 19.9 Å². The highest BCUT2D eigenvalue weighted by Gasteiger charge is 2.21. The average Bonchev–Trinajstić information content (AvgIpc) is 2.98. The van der Waals surface area contributed by atoms with Crippen molar-refractivity contribution in [2.45, 2.75) is 38.3 Å². The Labute approximate surface area is 101 Å². The predicted octanol–water partition coefficient (Wildman–Crippen LogP) is 2.20.